The number of rotatable bonds is 7. The molecule has 0 fully saturated rings. The summed E-state index contributed by atoms with van der Waals surface area (Å²) in [5, 5.41) is 4.52. The topological polar surface area (TPSA) is 85.5 Å². The molecule has 5 aromatic carbocycles. The first-order valence-electron chi connectivity index (χ1n) is 21.9. The fraction of sp³-hybridized carbons (Fsp3) is 0. The van der Waals surface area contributed by atoms with E-state index < -0.39 is 0 Å². The summed E-state index contributed by atoms with van der Waals surface area (Å²) in [5.41, 5.74) is 16.0. The minimum atomic E-state index is 0.772. The number of benzene rings is 5. The average Bonchev–Trinajstić information content (AvgIpc) is 3.72. The Balaban J connectivity index is 1.14. The molecule has 12 aromatic rings. The van der Waals surface area contributed by atoms with Crippen LogP contribution in [0, 0.1) is 0 Å². The zero-order chi connectivity index (χ0) is 43.6. The first kappa shape index (κ1) is 37.4. The third kappa shape index (κ3) is 6.23. The summed E-state index contributed by atoms with van der Waals surface area (Å²) in [5.74, 6) is 1.57. The second-order valence-corrected chi connectivity index (χ2v) is 16.5. The molecule has 0 bridgehead atoms. The van der Waals surface area contributed by atoms with Crippen LogP contribution in [0.5, 0.6) is 0 Å². The molecule has 0 N–H and O–H groups in total. The predicted octanol–water partition coefficient (Wildman–Crippen LogP) is 14.1. The molecular formula is C58H36N8. The summed E-state index contributed by atoms with van der Waals surface area (Å²) in [4.78, 5) is 31.6. The fourth-order valence-electron chi connectivity index (χ4n) is 9.58. The van der Waals surface area contributed by atoms with Crippen LogP contribution < -0.4 is 4.90 Å². The van der Waals surface area contributed by atoms with Gasteiger partial charge in [-0.25, -0.2) is 9.97 Å². The van der Waals surface area contributed by atoms with Gasteiger partial charge < -0.3 is 0 Å². The molecule has 0 saturated heterocycles. The fourth-order valence-corrected chi connectivity index (χ4v) is 9.58. The smallest absolute Gasteiger partial charge is 0.138 e. The molecule has 0 atom stereocenters. The maximum atomic E-state index is 5.52. The molecule has 8 nitrogen and oxygen atoms in total. The minimum absolute atomic E-state index is 0.772. The highest BCUT2D eigenvalue weighted by molar-refractivity contribution is 6.19. The Bertz CT molecular complexity index is 3680. The van der Waals surface area contributed by atoms with Crippen molar-refractivity contribution in [3.8, 4) is 73.0 Å². The van der Waals surface area contributed by atoms with E-state index in [1.54, 1.807) is 12.4 Å². The van der Waals surface area contributed by atoms with Crippen LogP contribution in [0.1, 0.15) is 0 Å². The summed E-state index contributed by atoms with van der Waals surface area (Å²) < 4.78 is 2.31. The summed E-state index contributed by atoms with van der Waals surface area (Å²) in [7, 11) is 0. The van der Waals surface area contributed by atoms with Crippen molar-refractivity contribution < 1.29 is 0 Å². The zero-order valence-electron chi connectivity index (χ0n) is 35.4. The summed E-state index contributed by atoms with van der Waals surface area (Å²) in [6, 6.07) is 61.8. The van der Waals surface area contributed by atoms with Crippen molar-refractivity contribution in [1.29, 1.82) is 0 Å². The van der Waals surface area contributed by atoms with E-state index in [4.69, 9.17) is 15.0 Å². The SMILES string of the molecule is c1ccc(-c2cc(-c3cccnc3)cc(N3c4cc5c(cc4-c4cccc6cccc3c46)c3cc(-c4ccccn4)ccc3n5-c3cc(-c4cccnc4)cc(-c4cccnc4)n3)n2)cc1. The van der Waals surface area contributed by atoms with Crippen molar-refractivity contribution in [1.82, 2.24) is 34.5 Å². The molecule has 1 aliphatic rings. The lowest BCUT2D eigenvalue weighted by Gasteiger charge is -2.33. The molecule has 1 aliphatic heterocycles. The van der Waals surface area contributed by atoms with Gasteiger partial charge in [-0.2, -0.15) is 0 Å². The average molecular weight is 845 g/mol. The van der Waals surface area contributed by atoms with E-state index in [1.165, 1.54) is 10.9 Å². The first-order chi connectivity index (χ1) is 32.7. The molecule has 0 spiro atoms. The molecule has 0 unspecified atom stereocenters. The van der Waals surface area contributed by atoms with Crippen molar-refractivity contribution in [2.45, 2.75) is 0 Å². The van der Waals surface area contributed by atoms with Crippen LogP contribution in [0.25, 0.3) is 106 Å². The number of pyridine rings is 6. The Labute approximate surface area is 379 Å². The number of anilines is 3. The molecule has 66 heavy (non-hydrogen) atoms. The van der Waals surface area contributed by atoms with Gasteiger partial charge in [0.2, 0.25) is 0 Å². The van der Waals surface area contributed by atoms with Gasteiger partial charge in [-0.1, -0.05) is 84.9 Å². The highest BCUT2D eigenvalue weighted by Gasteiger charge is 2.30. The van der Waals surface area contributed by atoms with Crippen LogP contribution >= 0.6 is 0 Å². The molecule has 0 radical (unpaired) electrons. The van der Waals surface area contributed by atoms with Gasteiger partial charge in [0.15, 0.2) is 0 Å². The summed E-state index contributed by atoms with van der Waals surface area (Å²) in [6.07, 6.45) is 12.9. The van der Waals surface area contributed by atoms with Crippen LogP contribution in [0.15, 0.2) is 219 Å². The minimum Gasteiger partial charge on any atom is -0.294 e. The Hall–Kier alpha value is -9.14. The van der Waals surface area contributed by atoms with E-state index in [9.17, 15) is 0 Å². The highest BCUT2D eigenvalue weighted by atomic mass is 15.2. The van der Waals surface area contributed by atoms with Gasteiger partial charge >= 0.3 is 0 Å². The number of fused-ring (bicyclic) bond motifs is 5. The van der Waals surface area contributed by atoms with Crippen molar-refractivity contribution in [3.05, 3.63) is 219 Å². The predicted molar refractivity (Wildman–Crippen MR) is 266 cm³/mol. The quantitative estimate of drug-likeness (QED) is 0.158. The second-order valence-electron chi connectivity index (χ2n) is 16.5. The molecule has 8 heterocycles. The number of hydrogen-bond acceptors (Lipinski definition) is 7. The van der Waals surface area contributed by atoms with Crippen LogP contribution in [-0.4, -0.2) is 34.5 Å². The van der Waals surface area contributed by atoms with E-state index in [-0.39, 0.29) is 0 Å². The third-order valence-electron chi connectivity index (χ3n) is 12.6. The molecular weight excluding hydrogens is 809 g/mol. The van der Waals surface area contributed by atoms with Crippen molar-refractivity contribution in [3.63, 3.8) is 0 Å². The lowest BCUT2D eigenvalue weighted by atomic mass is 9.90. The molecule has 308 valence electrons. The zero-order valence-corrected chi connectivity index (χ0v) is 35.4. The van der Waals surface area contributed by atoms with E-state index >= 15 is 0 Å². The molecule has 7 aromatic heterocycles. The lowest BCUT2D eigenvalue weighted by molar-refractivity contribution is 1.08. The molecule has 8 heteroatoms. The van der Waals surface area contributed by atoms with Crippen LogP contribution in [0.2, 0.25) is 0 Å². The van der Waals surface area contributed by atoms with Gasteiger partial charge in [-0.3, -0.25) is 29.4 Å². The largest absolute Gasteiger partial charge is 0.294 e. The van der Waals surface area contributed by atoms with Crippen LogP contribution in [-0.2, 0) is 0 Å². The standard InChI is InChI=1S/C58H36N8/c1-2-11-37(12-3-1)50-28-43(40-15-8-23-59-34-40)31-57(63-50)66-53-20-7-14-38-13-6-18-45(58(38)53)47-32-48-46-27-39(49-19-4-5-26-62-49)21-22-52(46)65(55(48)33-54(47)66)56-30-44(41-16-9-24-60-35-41)29-51(64-56)42-17-10-25-61-36-42/h1-36H. The van der Waals surface area contributed by atoms with Gasteiger partial charge in [0, 0.05) is 92.9 Å². The molecule has 0 amide bonds. The maximum Gasteiger partial charge on any atom is 0.138 e. The number of hydrogen-bond donors (Lipinski definition) is 0. The van der Waals surface area contributed by atoms with E-state index in [0.717, 1.165) is 112 Å². The summed E-state index contributed by atoms with van der Waals surface area (Å²) in [6.45, 7) is 0. The van der Waals surface area contributed by atoms with E-state index in [2.05, 4.69) is 164 Å². The van der Waals surface area contributed by atoms with Gasteiger partial charge in [-0.15, -0.1) is 0 Å². The third-order valence-corrected chi connectivity index (χ3v) is 12.6. The molecule has 0 saturated carbocycles. The van der Waals surface area contributed by atoms with Crippen LogP contribution in [0.4, 0.5) is 17.2 Å². The number of nitrogens with zero attached hydrogens (tertiary/aromatic N) is 8. The van der Waals surface area contributed by atoms with Gasteiger partial charge in [0.1, 0.15) is 11.6 Å². The Kier molecular flexibility index (Phi) is 8.67. The van der Waals surface area contributed by atoms with Gasteiger partial charge in [0.05, 0.1) is 39.5 Å². The van der Waals surface area contributed by atoms with E-state index in [1.807, 2.05) is 67.4 Å². The lowest BCUT2D eigenvalue weighted by Crippen LogP contribution is -2.17. The van der Waals surface area contributed by atoms with Gasteiger partial charge in [-0.05, 0) is 113 Å². The normalized spacial score (nSPS) is 11.9. The van der Waals surface area contributed by atoms with Crippen molar-refractivity contribution in [2.24, 2.45) is 0 Å². The Morgan fingerprint density at radius 2 is 1.00 bits per heavy atom. The molecule has 0 aliphatic carbocycles. The summed E-state index contributed by atoms with van der Waals surface area (Å²) >= 11 is 0. The Morgan fingerprint density at radius 1 is 0.348 bits per heavy atom. The van der Waals surface area contributed by atoms with Crippen LogP contribution in [0.3, 0.4) is 0 Å². The molecule has 13 rings (SSSR count). The monoisotopic (exact) mass is 844 g/mol. The first-order valence-corrected chi connectivity index (χ1v) is 21.9. The maximum absolute atomic E-state index is 5.52. The van der Waals surface area contributed by atoms with Gasteiger partial charge in [0.25, 0.3) is 0 Å². The van der Waals surface area contributed by atoms with Crippen molar-refractivity contribution >= 4 is 49.8 Å². The second kappa shape index (κ2) is 15.3. The highest BCUT2D eigenvalue weighted by Crippen LogP contribution is 2.53. The van der Waals surface area contributed by atoms with E-state index in [0.29, 0.717) is 0 Å². The van der Waals surface area contributed by atoms with Crippen molar-refractivity contribution in [2.75, 3.05) is 4.90 Å². The Morgan fingerprint density at radius 3 is 1.71 bits per heavy atom. The number of aromatic nitrogens is 7.